The van der Waals surface area contributed by atoms with Crippen LogP contribution in [0.25, 0.3) is 0 Å². The Morgan fingerprint density at radius 2 is 1.86 bits per heavy atom. The van der Waals surface area contributed by atoms with Crippen LogP contribution in [0.15, 0.2) is 0 Å². The van der Waals surface area contributed by atoms with Crippen molar-refractivity contribution in [1.82, 2.24) is 0 Å². The molecule has 1 saturated carbocycles. The van der Waals surface area contributed by atoms with Gasteiger partial charge in [0.25, 0.3) is 0 Å². The van der Waals surface area contributed by atoms with E-state index >= 15 is 0 Å². The van der Waals surface area contributed by atoms with Gasteiger partial charge in [-0.1, -0.05) is 19.3 Å². The maximum absolute atomic E-state index is 11.4. The molecule has 1 aliphatic rings. The van der Waals surface area contributed by atoms with Gasteiger partial charge in [0.1, 0.15) is 5.54 Å². The first-order valence-electron chi connectivity index (χ1n) is 4.96. The first-order valence-corrected chi connectivity index (χ1v) is 4.96. The molecule has 3 nitrogen and oxygen atoms in total. The minimum Gasteiger partial charge on any atom is -0.468 e. The first kappa shape index (κ1) is 13.7. The summed E-state index contributed by atoms with van der Waals surface area (Å²) in [6.07, 6.45) is 5.76. The number of hydrogen-bond acceptors (Lipinski definition) is 3. The summed E-state index contributed by atoms with van der Waals surface area (Å²) in [5.74, 6) is 0.0214. The molecule has 14 heavy (non-hydrogen) atoms. The van der Waals surface area contributed by atoms with Gasteiger partial charge in [0, 0.05) is 0 Å². The Morgan fingerprint density at radius 1 is 1.36 bits per heavy atom. The van der Waals surface area contributed by atoms with E-state index in [0.717, 1.165) is 12.8 Å². The molecule has 1 aliphatic carbocycles. The maximum atomic E-state index is 11.4. The van der Waals surface area contributed by atoms with Gasteiger partial charge < -0.3 is 10.5 Å². The lowest BCUT2D eigenvalue weighted by molar-refractivity contribution is -0.149. The van der Waals surface area contributed by atoms with Crippen molar-refractivity contribution in [2.75, 3.05) is 7.11 Å². The Hall–Kier alpha value is -0.280. The molecule has 0 aromatic carbocycles. The van der Waals surface area contributed by atoms with Gasteiger partial charge in [-0.05, 0) is 25.7 Å². The number of halogens is 1. The van der Waals surface area contributed by atoms with Crippen molar-refractivity contribution in [3.63, 3.8) is 0 Å². The smallest absolute Gasteiger partial charge is 0.325 e. The largest absolute Gasteiger partial charge is 0.468 e. The predicted octanol–water partition coefficient (Wildman–Crippen LogP) is 1.88. The molecule has 0 aromatic heterocycles. The van der Waals surface area contributed by atoms with E-state index in [9.17, 15) is 4.79 Å². The van der Waals surface area contributed by atoms with E-state index in [2.05, 4.69) is 0 Å². The summed E-state index contributed by atoms with van der Waals surface area (Å²) < 4.78 is 4.70. The minimum absolute atomic E-state index is 0. The van der Waals surface area contributed by atoms with Crippen LogP contribution in [0.5, 0.6) is 0 Å². The van der Waals surface area contributed by atoms with E-state index in [1.54, 1.807) is 6.92 Å². The van der Waals surface area contributed by atoms with Gasteiger partial charge in [0.2, 0.25) is 0 Å². The van der Waals surface area contributed by atoms with Gasteiger partial charge in [0.05, 0.1) is 7.11 Å². The number of carbonyl (C=O) groups is 1. The van der Waals surface area contributed by atoms with Gasteiger partial charge in [-0.2, -0.15) is 0 Å². The van der Waals surface area contributed by atoms with Gasteiger partial charge in [0.15, 0.2) is 0 Å². The van der Waals surface area contributed by atoms with E-state index in [0.29, 0.717) is 5.92 Å². The van der Waals surface area contributed by atoms with Gasteiger partial charge in [-0.15, -0.1) is 12.4 Å². The summed E-state index contributed by atoms with van der Waals surface area (Å²) in [7, 11) is 1.40. The maximum Gasteiger partial charge on any atom is 0.325 e. The van der Waals surface area contributed by atoms with Crippen LogP contribution in [0.4, 0.5) is 0 Å². The Morgan fingerprint density at radius 3 is 2.29 bits per heavy atom. The molecule has 0 unspecified atom stereocenters. The van der Waals surface area contributed by atoms with E-state index in [1.165, 1.54) is 26.4 Å². The topological polar surface area (TPSA) is 52.3 Å². The second-order valence-corrected chi connectivity index (χ2v) is 4.11. The normalized spacial score (nSPS) is 21.9. The third-order valence-electron chi connectivity index (χ3n) is 3.08. The van der Waals surface area contributed by atoms with E-state index < -0.39 is 5.54 Å². The molecular formula is C10H20ClNO2. The highest BCUT2D eigenvalue weighted by molar-refractivity contribution is 5.85. The molecule has 1 fully saturated rings. The van der Waals surface area contributed by atoms with Gasteiger partial charge >= 0.3 is 5.97 Å². The molecular weight excluding hydrogens is 202 g/mol. The summed E-state index contributed by atoms with van der Waals surface area (Å²) >= 11 is 0. The molecule has 4 heteroatoms. The third kappa shape index (κ3) is 2.85. The lowest BCUT2D eigenvalue weighted by atomic mass is 9.76. The molecule has 0 radical (unpaired) electrons. The van der Waals surface area contributed by atoms with Crippen LogP contribution >= 0.6 is 12.4 Å². The lowest BCUT2D eigenvalue weighted by Crippen LogP contribution is -2.52. The van der Waals surface area contributed by atoms with E-state index in [1.807, 2.05) is 0 Å². The summed E-state index contributed by atoms with van der Waals surface area (Å²) in [4.78, 5) is 11.4. The molecule has 0 heterocycles. The number of carbonyl (C=O) groups excluding carboxylic acids is 1. The van der Waals surface area contributed by atoms with Crippen LogP contribution < -0.4 is 5.73 Å². The first-order chi connectivity index (χ1) is 6.09. The summed E-state index contributed by atoms with van der Waals surface area (Å²) in [6, 6.07) is 0. The molecule has 0 bridgehead atoms. The van der Waals surface area contributed by atoms with E-state index in [-0.39, 0.29) is 18.4 Å². The predicted molar refractivity (Wildman–Crippen MR) is 58.4 cm³/mol. The van der Waals surface area contributed by atoms with Crippen molar-refractivity contribution in [3.8, 4) is 0 Å². The van der Waals surface area contributed by atoms with Gasteiger partial charge in [-0.3, -0.25) is 4.79 Å². The molecule has 0 aromatic rings. The van der Waals surface area contributed by atoms with Crippen molar-refractivity contribution in [3.05, 3.63) is 0 Å². The van der Waals surface area contributed by atoms with Gasteiger partial charge in [-0.25, -0.2) is 0 Å². The zero-order chi connectivity index (χ0) is 9.90. The molecule has 0 saturated heterocycles. The fourth-order valence-corrected chi connectivity index (χ4v) is 2.09. The SMILES string of the molecule is COC(=O)[C@](C)(N)C1CCCCC1.Cl. The minimum atomic E-state index is -0.783. The number of rotatable bonds is 2. The second-order valence-electron chi connectivity index (χ2n) is 4.11. The molecule has 84 valence electrons. The van der Waals surface area contributed by atoms with Crippen LogP contribution in [0, 0.1) is 5.92 Å². The zero-order valence-corrected chi connectivity index (χ0v) is 9.73. The zero-order valence-electron chi connectivity index (χ0n) is 8.91. The fourth-order valence-electron chi connectivity index (χ4n) is 2.09. The fraction of sp³-hybridized carbons (Fsp3) is 0.900. The molecule has 1 atom stereocenters. The average molecular weight is 222 g/mol. The van der Waals surface area contributed by atoms with Crippen LogP contribution in [0.3, 0.4) is 0 Å². The standard InChI is InChI=1S/C10H19NO2.ClH/c1-10(11,9(12)13-2)8-6-4-3-5-7-8;/h8H,3-7,11H2,1-2H3;1H/t10-;/m1./s1. The van der Waals surface area contributed by atoms with Crippen molar-refractivity contribution in [2.45, 2.75) is 44.6 Å². The number of nitrogens with two attached hydrogens (primary N) is 1. The van der Waals surface area contributed by atoms with Crippen LogP contribution in [-0.2, 0) is 9.53 Å². The van der Waals surface area contributed by atoms with Crippen molar-refractivity contribution >= 4 is 18.4 Å². The van der Waals surface area contributed by atoms with Crippen LogP contribution in [-0.4, -0.2) is 18.6 Å². The molecule has 1 rings (SSSR count). The number of methoxy groups -OCH3 is 1. The monoisotopic (exact) mass is 221 g/mol. The highest BCUT2D eigenvalue weighted by atomic mass is 35.5. The van der Waals surface area contributed by atoms with Crippen molar-refractivity contribution in [1.29, 1.82) is 0 Å². The second kappa shape index (κ2) is 5.56. The lowest BCUT2D eigenvalue weighted by Gasteiger charge is -2.34. The number of esters is 1. The van der Waals surface area contributed by atoms with Crippen LogP contribution in [0.1, 0.15) is 39.0 Å². The molecule has 0 spiro atoms. The summed E-state index contributed by atoms with van der Waals surface area (Å²) in [5.41, 5.74) is 5.19. The van der Waals surface area contributed by atoms with Crippen molar-refractivity contribution < 1.29 is 9.53 Å². The van der Waals surface area contributed by atoms with E-state index in [4.69, 9.17) is 10.5 Å². The molecule has 0 aliphatic heterocycles. The Labute approximate surface area is 91.8 Å². The Kier molecular flexibility index (Phi) is 5.45. The third-order valence-corrected chi connectivity index (χ3v) is 3.08. The highest BCUT2D eigenvalue weighted by Gasteiger charge is 2.38. The summed E-state index contributed by atoms with van der Waals surface area (Å²) in [6.45, 7) is 1.79. The van der Waals surface area contributed by atoms with Crippen LogP contribution in [0.2, 0.25) is 0 Å². The Bertz CT molecular complexity index is 189. The summed E-state index contributed by atoms with van der Waals surface area (Å²) in [5, 5.41) is 0. The molecule has 0 amide bonds. The number of ether oxygens (including phenoxy) is 1. The Balaban J connectivity index is 0.00000169. The quantitative estimate of drug-likeness (QED) is 0.725. The average Bonchev–Trinajstić information content (AvgIpc) is 2.18. The molecule has 2 N–H and O–H groups in total. The highest BCUT2D eigenvalue weighted by Crippen LogP contribution is 2.31. The number of hydrogen-bond donors (Lipinski definition) is 1. The van der Waals surface area contributed by atoms with Crippen molar-refractivity contribution in [2.24, 2.45) is 11.7 Å².